The van der Waals surface area contributed by atoms with Crippen LogP contribution in [-0.4, -0.2) is 38.3 Å². The summed E-state index contributed by atoms with van der Waals surface area (Å²) in [5.41, 5.74) is 0.687. The summed E-state index contributed by atoms with van der Waals surface area (Å²) in [6.07, 6.45) is 7.83. The minimum atomic E-state index is 0.121. The smallest absolute Gasteiger partial charge is 0.272 e. The summed E-state index contributed by atoms with van der Waals surface area (Å²) in [4.78, 5) is 18.4. The van der Waals surface area contributed by atoms with Crippen molar-refractivity contribution in [2.45, 2.75) is 31.7 Å². The van der Waals surface area contributed by atoms with Gasteiger partial charge in [-0.3, -0.25) is 4.79 Å². The lowest BCUT2D eigenvalue weighted by Gasteiger charge is -2.35. The van der Waals surface area contributed by atoms with Crippen molar-refractivity contribution in [2.75, 3.05) is 11.9 Å². The number of halogens is 1. The Kier molecular flexibility index (Phi) is 4.20. The van der Waals surface area contributed by atoms with Crippen LogP contribution in [-0.2, 0) is 7.05 Å². The molecule has 1 unspecified atom stereocenters. The second kappa shape index (κ2) is 5.67. The Morgan fingerprint density at radius 3 is 3.06 bits per heavy atom. The van der Waals surface area contributed by atoms with Gasteiger partial charge in [-0.2, -0.15) is 0 Å². The van der Waals surface area contributed by atoms with Crippen molar-refractivity contribution < 1.29 is 4.79 Å². The van der Waals surface area contributed by atoms with Crippen LogP contribution in [0.4, 0.5) is 0 Å². The van der Waals surface area contributed by atoms with Crippen molar-refractivity contribution >= 4 is 21.8 Å². The maximum Gasteiger partial charge on any atom is 0.272 e. The van der Waals surface area contributed by atoms with Crippen molar-refractivity contribution in [1.29, 1.82) is 0 Å². The van der Waals surface area contributed by atoms with E-state index < -0.39 is 0 Å². The van der Waals surface area contributed by atoms with Crippen LogP contribution in [0.1, 0.15) is 36.2 Å². The summed E-state index contributed by atoms with van der Waals surface area (Å²) in [5.74, 6) is 0.121. The Balaban J connectivity index is 2.14. The molecule has 2 heterocycles. The summed E-state index contributed by atoms with van der Waals surface area (Å²) in [6.45, 7) is 0.877. The van der Waals surface area contributed by atoms with Crippen molar-refractivity contribution in [1.82, 2.24) is 14.5 Å². The lowest BCUT2D eigenvalue weighted by Crippen LogP contribution is -2.44. The molecule has 1 fully saturated rings. The average molecular weight is 300 g/mol. The van der Waals surface area contributed by atoms with E-state index in [0.717, 1.165) is 31.1 Å². The number of piperidine rings is 1. The van der Waals surface area contributed by atoms with Gasteiger partial charge in [0.2, 0.25) is 0 Å². The van der Waals surface area contributed by atoms with E-state index in [0.29, 0.717) is 11.7 Å². The van der Waals surface area contributed by atoms with E-state index in [1.54, 1.807) is 17.1 Å². The number of nitrogens with zero attached hydrogens (tertiary/aromatic N) is 3. The van der Waals surface area contributed by atoms with Crippen LogP contribution >= 0.6 is 15.9 Å². The molecule has 0 aliphatic carbocycles. The highest BCUT2D eigenvalue weighted by Crippen LogP contribution is 2.22. The van der Waals surface area contributed by atoms with Gasteiger partial charge in [0, 0.05) is 25.0 Å². The number of carbonyl (C=O) groups is 1. The molecule has 94 valence electrons. The number of hydrogen-bond donors (Lipinski definition) is 0. The van der Waals surface area contributed by atoms with Gasteiger partial charge in [-0.15, -0.1) is 0 Å². The number of aromatic nitrogens is 2. The van der Waals surface area contributed by atoms with Gasteiger partial charge in [0.05, 0.1) is 12.5 Å². The first kappa shape index (κ1) is 12.6. The zero-order chi connectivity index (χ0) is 12.3. The third-order valence-electron chi connectivity index (χ3n) is 3.37. The molecule has 1 aromatic heterocycles. The van der Waals surface area contributed by atoms with Crippen molar-refractivity contribution in [3.8, 4) is 0 Å². The van der Waals surface area contributed by atoms with Gasteiger partial charge in [0.1, 0.15) is 5.69 Å². The molecule has 1 saturated heterocycles. The molecule has 1 amide bonds. The van der Waals surface area contributed by atoms with Crippen LogP contribution in [0.2, 0.25) is 0 Å². The van der Waals surface area contributed by atoms with E-state index in [1.807, 2.05) is 11.9 Å². The first-order valence-corrected chi connectivity index (χ1v) is 7.19. The number of amides is 1. The molecule has 1 atom stereocenters. The van der Waals surface area contributed by atoms with Crippen molar-refractivity contribution in [2.24, 2.45) is 7.05 Å². The average Bonchev–Trinajstić information content (AvgIpc) is 2.76. The normalized spacial score (nSPS) is 20.6. The van der Waals surface area contributed by atoms with Crippen LogP contribution < -0.4 is 0 Å². The second-order valence-corrected chi connectivity index (χ2v) is 5.31. The first-order valence-electron chi connectivity index (χ1n) is 6.07. The minimum Gasteiger partial charge on any atom is -0.334 e. The number of likely N-dealkylation sites (tertiary alicyclic amines) is 1. The van der Waals surface area contributed by atoms with Gasteiger partial charge in [0.15, 0.2) is 0 Å². The van der Waals surface area contributed by atoms with E-state index in [-0.39, 0.29) is 5.91 Å². The molecule has 4 nitrogen and oxygen atoms in total. The standard InChI is InChI=1S/C12H18BrN3O/c1-15-9-14-8-11(15)12(17)16-7-3-2-4-10(16)5-6-13/h8-10H,2-7H2,1H3. The fourth-order valence-corrected chi connectivity index (χ4v) is 2.93. The van der Waals surface area contributed by atoms with E-state index in [4.69, 9.17) is 0 Å². The SMILES string of the molecule is Cn1cncc1C(=O)N1CCCCC1CCBr. The quantitative estimate of drug-likeness (QED) is 0.803. The number of carbonyl (C=O) groups excluding carboxylic acids is 1. The summed E-state index contributed by atoms with van der Waals surface area (Å²) >= 11 is 3.47. The fourth-order valence-electron chi connectivity index (χ4n) is 2.40. The second-order valence-electron chi connectivity index (χ2n) is 4.52. The zero-order valence-electron chi connectivity index (χ0n) is 10.1. The highest BCUT2D eigenvalue weighted by Gasteiger charge is 2.28. The summed E-state index contributed by atoms with van der Waals surface area (Å²) < 4.78 is 1.79. The van der Waals surface area contributed by atoms with E-state index >= 15 is 0 Å². The maximum atomic E-state index is 12.4. The van der Waals surface area contributed by atoms with Gasteiger partial charge in [0.25, 0.3) is 5.91 Å². The molecule has 0 aromatic carbocycles. The van der Waals surface area contributed by atoms with E-state index in [1.165, 1.54) is 6.42 Å². The van der Waals surface area contributed by atoms with Crippen LogP contribution in [0.15, 0.2) is 12.5 Å². The predicted octanol–water partition coefficient (Wildman–Crippen LogP) is 2.20. The fraction of sp³-hybridized carbons (Fsp3) is 0.667. The topological polar surface area (TPSA) is 38.1 Å². The van der Waals surface area contributed by atoms with Crippen LogP contribution in [0.3, 0.4) is 0 Å². The molecule has 0 radical (unpaired) electrons. The van der Waals surface area contributed by atoms with Gasteiger partial charge < -0.3 is 9.47 Å². The largest absolute Gasteiger partial charge is 0.334 e. The van der Waals surface area contributed by atoms with Crippen LogP contribution in [0, 0.1) is 0 Å². The highest BCUT2D eigenvalue weighted by molar-refractivity contribution is 9.09. The summed E-state index contributed by atoms with van der Waals surface area (Å²) in [6, 6.07) is 0.380. The Morgan fingerprint density at radius 1 is 1.59 bits per heavy atom. The zero-order valence-corrected chi connectivity index (χ0v) is 11.7. The third kappa shape index (κ3) is 2.70. The Hall–Kier alpha value is -0.840. The monoisotopic (exact) mass is 299 g/mol. The molecule has 0 saturated carbocycles. The van der Waals surface area contributed by atoms with Gasteiger partial charge in [-0.25, -0.2) is 4.98 Å². The molecule has 0 spiro atoms. The van der Waals surface area contributed by atoms with E-state index in [9.17, 15) is 4.79 Å². The molecule has 1 aliphatic rings. The van der Waals surface area contributed by atoms with Crippen molar-refractivity contribution in [3.63, 3.8) is 0 Å². The number of hydrogen-bond acceptors (Lipinski definition) is 2. The summed E-state index contributed by atoms with van der Waals surface area (Å²) in [7, 11) is 1.86. The third-order valence-corrected chi connectivity index (χ3v) is 3.82. The molecule has 5 heteroatoms. The number of aryl methyl sites for hydroxylation is 1. The van der Waals surface area contributed by atoms with Gasteiger partial charge in [-0.05, 0) is 25.7 Å². The molecule has 0 N–H and O–H groups in total. The summed E-state index contributed by atoms with van der Waals surface area (Å²) in [5, 5.41) is 0.951. The van der Waals surface area contributed by atoms with Gasteiger partial charge >= 0.3 is 0 Å². The molecule has 0 bridgehead atoms. The number of rotatable bonds is 3. The maximum absolute atomic E-state index is 12.4. The molecule has 1 aromatic rings. The lowest BCUT2D eigenvalue weighted by molar-refractivity contribution is 0.0600. The molecule has 2 rings (SSSR count). The van der Waals surface area contributed by atoms with Gasteiger partial charge in [-0.1, -0.05) is 15.9 Å². The predicted molar refractivity (Wildman–Crippen MR) is 70.3 cm³/mol. The Bertz CT molecular complexity index is 389. The Labute approximate surface area is 110 Å². The van der Waals surface area contributed by atoms with Crippen molar-refractivity contribution in [3.05, 3.63) is 18.2 Å². The van der Waals surface area contributed by atoms with E-state index in [2.05, 4.69) is 20.9 Å². The van der Waals surface area contributed by atoms with Crippen LogP contribution in [0.25, 0.3) is 0 Å². The molecule has 17 heavy (non-hydrogen) atoms. The number of imidazole rings is 1. The lowest BCUT2D eigenvalue weighted by atomic mass is 9.99. The number of alkyl halides is 1. The minimum absolute atomic E-state index is 0.121. The first-order chi connectivity index (χ1) is 8.24. The Morgan fingerprint density at radius 2 is 2.41 bits per heavy atom. The van der Waals surface area contributed by atoms with Crippen LogP contribution in [0.5, 0.6) is 0 Å². The molecular formula is C12H18BrN3O. The molecular weight excluding hydrogens is 282 g/mol. The molecule has 1 aliphatic heterocycles. The highest BCUT2D eigenvalue weighted by atomic mass is 79.9.